The zero-order valence-electron chi connectivity index (χ0n) is 12.2. The number of unbranched alkanes of at least 4 members (excludes halogenated alkanes) is 1. The van der Waals surface area contributed by atoms with E-state index in [1.807, 2.05) is 11.8 Å². The lowest BCUT2D eigenvalue weighted by atomic mass is 9.92. The van der Waals surface area contributed by atoms with Crippen LogP contribution in [0.2, 0.25) is 0 Å². The van der Waals surface area contributed by atoms with Crippen molar-refractivity contribution in [2.45, 2.75) is 64.5 Å². The number of carbonyl (C=O) groups excluding carboxylic acids is 1. The Kier molecular flexibility index (Phi) is 5.79. The molecular formula is C14H26N2O3. The van der Waals surface area contributed by atoms with Crippen molar-refractivity contribution in [2.75, 3.05) is 13.1 Å². The monoisotopic (exact) mass is 270 g/mol. The summed E-state index contributed by atoms with van der Waals surface area (Å²) in [5.74, 6) is -0.866. The minimum Gasteiger partial charge on any atom is -0.480 e. The van der Waals surface area contributed by atoms with E-state index in [4.69, 9.17) is 0 Å². The third-order valence-electron chi connectivity index (χ3n) is 4.20. The van der Waals surface area contributed by atoms with E-state index in [1.165, 1.54) is 0 Å². The van der Waals surface area contributed by atoms with Crippen LogP contribution in [0, 0.1) is 0 Å². The van der Waals surface area contributed by atoms with Crippen molar-refractivity contribution in [3.63, 3.8) is 0 Å². The standard InChI is InChI=1S/C14H26N2O3/c1-4-6-9-15-12(17)11(3)16-10-7-8-14(16,5-2)13(18)19/h11H,4-10H2,1-3H3,(H,15,17)(H,18,19). The Morgan fingerprint density at radius 1 is 1.42 bits per heavy atom. The summed E-state index contributed by atoms with van der Waals surface area (Å²) < 4.78 is 0. The Morgan fingerprint density at radius 2 is 2.11 bits per heavy atom. The van der Waals surface area contributed by atoms with Crippen molar-refractivity contribution in [1.29, 1.82) is 0 Å². The molecule has 110 valence electrons. The normalized spacial score (nSPS) is 25.2. The lowest BCUT2D eigenvalue weighted by molar-refractivity contribution is -0.152. The summed E-state index contributed by atoms with van der Waals surface area (Å²) in [7, 11) is 0. The Labute approximate surface area is 115 Å². The molecule has 0 saturated carbocycles. The number of carbonyl (C=O) groups is 2. The van der Waals surface area contributed by atoms with E-state index in [2.05, 4.69) is 12.2 Å². The van der Waals surface area contributed by atoms with E-state index in [-0.39, 0.29) is 11.9 Å². The van der Waals surface area contributed by atoms with E-state index in [9.17, 15) is 14.7 Å². The topological polar surface area (TPSA) is 69.6 Å². The van der Waals surface area contributed by atoms with E-state index in [1.54, 1.807) is 6.92 Å². The van der Waals surface area contributed by atoms with Crippen LogP contribution in [-0.2, 0) is 9.59 Å². The maximum Gasteiger partial charge on any atom is 0.324 e. The smallest absolute Gasteiger partial charge is 0.324 e. The molecule has 0 bridgehead atoms. The molecular weight excluding hydrogens is 244 g/mol. The molecule has 0 aromatic carbocycles. The highest BCUT2D eigenvalue weighted by molar-refractivity contribution is 5.84. The predicted molar refractivity (Wildman–Crippen MR) is 74.0 cm³/mol. The third-order valence-corrected chi connectivity index (χ3v) is 4.20. The molecule has 2 atom stereocenters. The van der Waals surface area contributed by atoms with Crippen molar-refractivity contribution in [3.05, 3.63) is 0 Å². The van der Waals surface area contributed by atoms with Gasteiger partial charge in [0.1, 0.15) is 5.54 Å². The molecule has 5 heteroatoms. The van der Waals surface area contributed by atoms with E-state index in [0.29, 0.717) is 25.9 Å². The largest absolute Gasteiger partial charge is 0.480 e. The quantitative estimate of drug-likeness (QED) is 0.690. The number of aliphatic carboxylic acids is 1. The van der Waals surface area contributed by atoms with E-state index in [0.717, 1.165) is 19.3 Å². The molecule has 1 fully saturated rings. The third kappa shape index (κ3) is 3.26. The average molecular weight is 270 g/mol. The van der Waals surface area contributed by atoms with Gasteiger partial charge >= 0.3 is 5.97 Å². The van der Waals surface area contributed by atoms with Gasteiger partial charge in [0.05, 0.1) is 6.04 Å². The number of nitrogens with zero attached hydrogens (tertiary/aromatic N) is 1. The average Bonchev–Trinajstić information content (AvgIpc) is 2.82. The highest BCUT2D eigenvalue weighted by atomic mass is 16.4. The molecule has 0 spiro atoms. The van der Waals surface area contributed by atoms with Gasteiger partial charge in [-0.15, -0.1) is 0 Å². The van der Waals surface area contributed by atoms with Gasteiger partial charge in [-0.2, -0.15) is 0 Å². The number of nitrogens with one attached hydrogen (secondary N) is 1. The Hall–Kier alpha value is -1.10. The molecule has 2 unspecified atom stereocenters. The molecule has 0 aromatic rings. The second kappa shape index (κ2) is 6.89. The van der Waals surface area contributed by atoms with Crippen LogP contribution in [0.25, 0.3) is 0 Å². The highest BCUT2D eigenvalue weighted by Gasteiger charge is 2.49. The van der Waals surface area contributed by atoms with Crippen molar-refractivity contribution in [3.8, 4) is 0 Å². The molecule has 1 amide bonds. The zero-order valence-corrected chi connectivity index (χ0v) is 12.2. The van der Waals surface area contributed by atoms with Gasteiger partial charge in [-0.3, -0.25) is 14.5 Å². The number of carboxylic acid groups (broad SMARTS) is 1. The van der Waals surface area contributed by atoms with Crippen LogP contribution < -0.4 is 5.32 Å². The van der Waals surface area contributed by atoms with Crippen LogP contribution >= 0.6 is 0 Å². The summed E-state index contributed by atoms with van der Waals surface area (Å²) in [6.07, 6.45) is 4.00. The number of likely N-dealkylation sites (tertiary alicyclic amines) is 1. The van der Waals surface area contributed by atoms with Crippen LogP contribution in [0.1, 0.15) is 52.9 Å². The summed E-state index contributed by atoms with van der Waals surface area (Å²) in [6, 6.07) is -0.379. The zero-order chi connectivity index (χ0) is 14.5. The molecule has 19 heavy (non-hydrogen) atoms. The molecule has 1 heterocycles. The minimum absolute atomic E-state index is 0.0607. The number of rotatable bonds is 7. The number of hydrogen-bond donors (Lipinski definition) is 2. The molecule has 0 radical (unpaired) electrons. The first-order valence-corrected chi connectivity index (χ1v) is 7.27. The van der Waals surface area contributed by atoms with Gasteiger partial charge in [0.25, 0.3) is 0 Å². The first-order valence-electron chi connectivity index (χ1n) is 7.27. The molecule has 2 N–H and O–H groups in total. The second-order valence-electron chi connectivity index (χ2n) is 5.31. The lowest BCUT2D eigenvalue weighted by Gasteiger charge is -2.37. The van der Waals surface area contributed by atoms with E-state index >= 15 is 0 Å². The number of hydrogen-bond acceptors (Lipinski definition) is 3. The summed E-state index contributed by atoms with van der Waals surface area (Å²) in [4.78, 5) is 25.5. The van der Waals surface area contributed by atoms with Crippen molar-refractivity contribution in [1.82, 2.24) is 10.2 Å². The van der Waals surface area contributed by atoms with Gasteiger partial charge in [-0.05, 0) is 32.6 Å². The van der Waals surface area contributed by atoms with Gasteiger partial charge in [0.15, 0.2) is 0 Å². The predicted octanol–water partition coefficient (Wildman–Crippen LogP) is 1.62. The van der Waals surface area contributed by atoms with Gasteiger partial charge in [-0.1, -0.05) is 20.3 Å². The molecule has 0 aliphatic carbocycles. The van der Waals surface area contributed by atoms with E-state index < -0.39 is 11.5 Å². The fourth-order valence-corrected chi connectivity index (χ4v) is 2.90. The van der Waals surface area contributed by atoms with Crippen LogP contribution in [0.15, 0.2) is 0 Å². The molecule has 5 nitrogen and oxygen atoms in total. The second-order valence-corrected chi connectivity index (χ2v) is 5.31. The van der Waals surface area contributed by atoms with Gasteiger partial charge in [-0.25, -0.2) is 0 Å². The van der Waals surface area contributed by atoms with Crippen molar-refractivity contribution < 1.29 is 14.7 Å². The number of amides is 1. The number of carboxylic acids is 1. The molecule has 1 aliphatic heterocycles. The Bertz CT molecular complexity index is 333. The highest BCUT2D eigenvalue weighted by Crippen LogP contribution is 2.34. The van der Waals surface area contributed by atoms with Gasteiger partial charge in [0.2, 0.25) is 5.91 Å². The fraction of sp³-hybridized carbons (Fsp3) is 0.857. The first kappa shape index (κ1) is 16.0. The summed E-state index contributed by atoms with van der Waals surface area (Å²) in [5, 5.41) is 12.4. The molecule has 1 saturated heterocycles. The molecule has 1 rings (SSSR count). The van der Waals surface area contributed by atoms with Crippen LogP contribution in [-0.4, -0.2) is 46.6 Å². The maximum atomic E-state index is 12.1. The maximum absolute atomic E-state index is 12.1. The Balaban J connectivity index is 2.71. The van der Waals surface area contributed by atoms with Crippen molar-refractivity contribution >= 4 is 11.9 Å². The van der Waals surface area contributed by atoms with Crippen LogP contribution in [0.3, 0.4) is 0 Å². The SMILES string of the molecule is CCCCNC(=O)C(C)N1CCCC1(CC)C(=O)O. The van der Waals surface area contributed by atoms with Gasteiger partial charge in [0, 0.05) is 13.1 Å². The van der Waals surface area contributed by atoms with Crippen LogP contribution in [0.4, 0.5) is 0 Å². The summed E-state index contributed by atoms with van der Waals surface area (Å²) in [5.41, 5.74) is -0.860. The lowest BCUT2D eigenvalue weighted by Crippen LogP contribution is -2.57. The summed E-state index contributed by atoms with van der Waals surface area (Å²) in [6.45, 7) is 7.11. The minimum atomic E-state index is -0.860. The van der Waals surface area contributed by atoms with Gasteiger partial charge < -0.3 is 10.4 Å². The fourth-order valence-electron chi connectivity index (χ4n) is 2.90. The first-order chi connectivity index (χ1) is 8.99. The summed E-state index contributed by atoms with van der Waals surface area (Å²) >= 11 is 0. The van der Waals surface area contributed by atoms with Crippen LogP contribution in [0.5, 0.6) is 0 Å². The van der Waals surface area contributed by atoms with Crippen molar-refractivity contribution in [2.24, 2.45) is 0 Å². The Morgan fingerprint density at radius 3 is 2.63 bits per heavy atom. The molecule has 1 aliphatic rings. The molecule has 0 aromatic heterocycles.